The Morgan fingerprint density at radius 2 is 1.74 bits per heavy atom. The van der Waals surface area contributed by atoms with Crippen LogP contribution in [0.1, 0.15) is 75.3 Å². The smallest absolute Gasteiger partial charge is 0.308 e. The number of aliphatic hydroxyl groups is 1. The van der Waals surface area contributed by atoms with Gasteiger partial charge in [-0.3, -0.25) is 9.59 Å². The van der Waals surface area contributed by atoms with Crippen molar-refractivity contribution in [1.82, 2.24) is 15.0 Å². The maximum Gasteiger partial charge on any atom is 0.308 e. The molecule has 3 aromatic carbocycles. The molecular weight excluding hydrogens is 684 g/mol. The van der Waals surface area contributed by atoms with Gasteiger partial charge in [0.25, 0.3) is 0 Å². The molecule has 3 N–H and O–H groups in total. The van der Waals surface area contributed by atoms with Crippen LogP contribution < -0.4 is 4.74 Å². The van der Waals surface area contributed by atoms with Crippen molar-refractivity contribution in [2.45, 2.75) is 71.1 Å². The van der Waals surface area contributed by atoms with E-state index in [0.29, 0.717) is 55.9 Å². The van der Waals surface area contributed by atoms with Gasteiger partial charge in [0, 0.05) is 53.6 Å². The molecule has 12 heteroatoms. The second kappa shape index (κ2) is 18.6. The first kappa shape index (κ1) is 39.1. The summed E-state index contributed by atoms with van der Waals surface area (Å²) in [4.78, 5) is 34.4. The minimum atomic E-state index is -0.929. The molecule has 2 heterocycles. The Balaban J connectivity index is 1.31. The van der Waals surface area contributed by atoms with Crippen LogP contribution >= 0.6 is 0 Å². The highest BCUT2D eigenvalue weighted by Gasteiger charge is 2.31. The third kappa shape index (κ3) is 9.88. The number of H-pyrrole nitrogens is 2. The Morgan fingerprint density at radius 3 is 2.53 bits per heavy atom. The second-order valence-corrected chi connectivity index (χ2v) is 13.0. The Labute approximate surface area is 307 Å². The van der Waals surface area contributed by atoms with Crippen molar-refractivity contribution in [1.29, 1.82) is 0 Å². The lowest BCUT2D eigenvalue weighted by molar-refractivity contribution is -0.145. The van der Waals surface area contributed by atoms with Crippen LogP contribution in [0.3, 0.4) is 0 Å². The van der Waals surface area contributed by atoms with Gasteiger partial charge in [-0.1, -0.05) is 37.6 Å². The lowest BCUT2D eigenvalue weighted by Crippen LogP contribution is -2.29. The molecule has 0 spiro atoms. The largest absolute Gasteiger partial charge is 0.466 e. The lowest BCUT2D eigenvalue weighted by atomic mass is 9.80. The fraction of sp³-hybridized carbons (Fsp3) is 0.390. The number of aliphatic hydroxyl groups excluding tert-OH is 1. The number of fused-ring (bicyclic) bond motifs is 1. The molecule has 0 aliphatic carbocycles. The topological polar surface area (TPSA) is 136 Å². The number of aryl methyl sites for hydroxylation is 2. The SMILES string of the molecule is CCCCOC(=O)CCOCCCc1c(Oc2ccc(F)c(-c3ncc(C(C)(CO)c4cccc(CCC(=O)OCC)c4)[nH]3)c2)c(F)cc2[nH]ccc12. The molecule has 2 aromatic heterocycles. The van der Waals surface area contributed by atoms with Gasteiger partial charge >= 0.3 is 11.9 Å². The summed E-state index contributed by atoms with van der Waals surface area (Å²) in [6.45, 7) is 6.65. The average Bonchev–Trinajstić information content (AvgIpc) is 3.85. The maximum atomic E-state index is 15.6. The van der Waals surface area contributed by atoms with Gasteiger partial charge in [-0.05, 0) is 74.9 Å². The maximum absolute atomic E-state index is 15.6. The summed E-state index contributed by atoms with van der Waals surface area (Å²) in [5.74, 6) is -1.31. The highest BCUT2D eigenvalue weighted by molar-refractivity contribution is 5.85. The Morgan fingerprint density at radius 1 is 0.906 bits per heavy atom. The van der Waals surface area contributed by atoms with Crippen molar-refractivity contribution in [3.63, 3.8) is 0 Å². The van der Waals surface area contributed by atoms with Gasteiger partial charge in [0.05, 0.1) is 43.8 Å². The molecule has 0 aliphatic rings. The van der Waals surface area contributed by atoms with Gasteiger partial charge in [0.2, 0.25) is 0 Å². The highest BCUT2D eigenvalue weighted by atomic mass is 19.1. The van der Waals surface area contributed by atoms with Crippen molar-refractivity contribution in [2.24, 2.45) is 0 Å². The van der Waals surface area contributed by atoms with Crippen molar-refractivity contribution in [3.05, 3.63) is 101 Å². The van der Waals surface area contributed by atoms with Crippen molar-refractivity contribution >= 4 is 22.8 Å². The van der Waals surface area contributed by atoms with E-state index in [-0.39, 0.29) is 60.9 Å². The molecule has 0 amide bonds. The van der Waals surface area contributed by atoms with E-state index in [9.17, 15) is 14.7 Å². The van der Waals surface area contributed by atoms with Crippen LogP contribution in [0.5, 0.6) is 11.5 Å². The summed E-state index contributed by atoms with van der Waals surface area (Å²) in [6.07, 6.45) is 6.87. The summed E-state index contributed by atoms with van der Waals surface area (Å²) in [5, 5.41) is 11.4. The van der Waals surface area contributed by atoms with Gasteiger partial charge in [-0.15, -0.1) is 0 Å². The third-order valence-electron chi connectivity index (χ3n) is 9.18. The number of carbonyl (C=O) groups excluding carboxylic acids is 2. The monoisotopic (exact) mass is 731 g/mol. The van der Waals surface area contributed by atoms with Crippen LogP contribution in [0.25, 0.3) is 22.3 Å². The van der Waals surface area contributed by atoms with Crippen molar-refractivity contribution < 1.29 is 42.4 Å². The zero-order valence-corrected chi connectivity index (χ0v) is 30.4. The van der Waals surface area contributed by atoms with E-state index in [1.165, 1.54) is 24.3 Å². The number of unbranched alkanes of at least 4 members (excludes halogenated alkanes) is 1. The van der Waals surface area contributed by atoms with E-state index >= 15 is 8.78 Å². The number of aromatic amines is 2. The quantitative estimate of drug-likeness (QED) is 0.0540. The van der Waals surface area contributed by atoms with Crippen LogP contribution in [-0.4, -0.2) is 65.0 Å². The van der Waals surface area contributed by atoms with Gasteiger partial charge < -0.3 is 34.0 Å². The van der Waals surface area contributed by atoms with E-state index in [1.807, 2.05) is 44.2 Å². The zero-order valence-electron chi connectivity index (χ0n) is 30.4. The number of nitrogens with one attached hydrogen (secondary N) is 2. The summed E-state index contributed by atoms with van der Waals surface area (Å²) >= 11 is 0. The summed E-state index contributed by atoms with van der Waals surface area (Å²) in [6, 6.07) is 14.9. The minimum absolute atomic E-state index is 0.0185. The van der Waals surface area contributed by atoms with E-state index in [4.69, 9.17) is 18.9 Å². The summed E-state index contributed by atoms with van der Waals surface area (Å²) < 4.78 is 53.0. The predicted molar refractivity (Wildman–Crippen MR) is 197 cm³/mol. The van der Waals surface area contributed by atoms with Crippen LogP contribution in [0.15, 0.2) is 67.0 Å². The first-order valence-electron chi connectivity index (χ1n) is 18.1. The molecule has 282 valence electrons. The molecule has 5 rings (SSSR count). The Hall–Kier alpha value is -5.07. The van der Waals surface area contributed by atoms with Gasteiger partial charge in [0.1, 0.15) is 17.4 Å². The van der Waals surface area contributed by atoms with Crippen molar-refractivity contribution in [2.75, 3.05) is 33.0 Å². The first-order valence-corrected chi connectivity index (χ1v) is 18.1. The Kier molecular flexibility index (Phi) is 13.7. The number of esters is 2. The van der Waals surface area contributed by atoms with Gasteiger partial charge in [-0.2, -0.15) is 0 Å². The standard InChI is InChI=1S/C41H47F2N3O7/c1-4-6-20-52-38(49)17-21-50-19-8-11-31-30-16-18-44-35(30)24-34(43)39(31)53-29-13-14-33(42)32(23-29)40-45-25-36(46-40)41(3,26-47)28-10-7-9-27(22-28)12-15-37(48)51-5-2/h7,9-10,13-14,16,18,22-25,44,47H,4-6,8,11-12,15,17,19-21,26H2,1-3H3,(H,45,46). The normalized spacial score (nSPS) is 12.5. The Bertz CT molecular complexity index is 1990. The number of hydrogen-bond donors (Lipinski definition) is 3. The van der Waals surface area contributed by atoms with Crippen LogP contribution in [0, 0.1) is 11.6 Å². The zero-order chi connectivity index (χ0) is 37.8. The average molecular weight is 732 g/mol. The van der Waals surface area contributed by atoms with E-state index in [0.717, 1.165) is 29.4 Å². The molecule has 1 unspecified atom stereocenters. The summed E-state index contributed by atoms with van der Waals surface area (Å²) in [5.41, 5.74) is 2.64. The van der Waals surface area contributed by atoms with Crippen LogP contribution in [0.2, 0.25) is 0 Å². The molecular formula is C41H47F2N3O7. The first-order chi connectivity index (χ1) is 25.7. The van der Waals surface area contributed by atoms with E-state index in [1.54, 1.807) is 19.3 Å². The third-order valence-corrected chi connectivity index (χ3v) is 9.18. The molecule has 0 aliphatic heterocycles. The number of carbonyl (C=O) groups is 2. The molecule has 53 heavy (non-hydrogen) atoms. The number of aromatic nitrogens is 3. The number of benzene rings is 3. The van der Waals surface area contributed by atoms with Gasteiger partial charge in [0.15, 0.2) is 11.6 Å². The number of halogens is 2. The van der Waals surface area contributed by atoms with Gasteiger partial charge in [-0.25, -0.2) is 13.8 Å². The van der Waals surface area contributed by atoms with E-state index < -0.39 is 17.0 Å². The lowest BCUT2D eigenvalue weighted by Gasteiger charge is -2.27. The molecule has 1 atom stereocenters. The van der Waals surface area contributed by atoms with E-state index in [2.05, 4.69) is 15.0 Å². The predicted octanol–water partition coefficient (Wildman–Crippen LogP) is 8.11. The number of hydrogen-bond acceptors (Lipinski definition) is 8. The minimum Gasteiger partial charge on any atom is -0.466 e. The molecule has 0 saturated heterocycles. The molecule has 0 fully saturated rings. The number of ether oxygens (including phenoxy) is 4. The highest BCUT2D eigenvalue weighted by Crippen LogP contribution is 2.38. The molecule has 10 nitrogen and oxygen atoms in total. The molecule has 0 radical (unpaired) electrons. The molecule has 0 saturated carbocycles. The van der Waals surface area contributed by atoms with Crippen molar-refractivity contribution in [3.8, 4) is 22.9 Å². The fourth-order valence-corrected chi connectivity index (χ4v) is 6.08. The van der Waals surface area contributed by atoms with Crippen LogP contribution in [-0.2, 0) is 42.1 Å². The number of nitrogens with zero attached hydrogens (tertiary/aromatic N) is 1. The number of imidazole rings is 1. The second-order valence-electron chi connectivity index (χ2n) is 13.0. The summed E-state index contributed by atoms with van der Waals surface area (Å²) in [7, 11) is 0. The fourth-order valence-electron chi connectivity index (χ4n) is 6.08. The molecule has 0 bridgehead atoms. The number of rotatable bonds is 20. The van der Waals surface area contributed by atoms with Crippen LogP contribution in [0.4, 0.5) is 8.78 Å². The molecule has 5 aromatic rings.